The minimum absolute atomic E-state index is 0.0152. The maximum Gasteiger partial charge on any atom is 0.227 e. The predicted molar refractivity (Wildman–Crippen MR) is 158 cm³/mol. The highest BCUT2D eigenvalue weighted by Gasteiger charge is 2.30. The quantitative estimate of drug-likeness (QED) is 0.231. The van der Waals surface area contributed by atoms with Gasteiger partial charge >= 0.3 is 0 Å². The van der Waals surface area contributed by atoms with Gasteiger partial charge in [-0.25, -0.2) is 0 Å². The number of carbonyl (C=O) groups excluding carboxylic acids is 1. The third kappa shape index (κ3) is 10.1. The first-order chi connectivity index (χ1) is 19.1. The Hall–Kier alpha value is -3.12. The number of amides is 1. The van der Waals surface area contributed by atoms with E-state index in [1.165, 1.54) is 0 Å². The molecule has 40 heavy (non-hydrogen) atoms. The minimum Gasteiger partial charge on any atom is -0.493 e. The Kier molecular flexibility index (Phi) is 13.9. The van der Waals surface area contributed by atoms with Crippen LogP contribution in [-0.2, 0) is 16.0 Å². The highest BCUT2D eigenvalue weighted by Crippen LogP contribution is 2.32. The highest BCUT2D eigenvalue weighted by atomic mass is 16.5. The standard InChI is InChI=1S/C32H47N3O5/c1-21(2)25(16-23-12-13-30(39-6)31(17-23)40-15-9-14-38-5)18-27(34)29(36)19-26(22(3)4)32(37)35-28-11-8-7-10-24(28)20-33/h7-8,10-13,17,21-22,25-27,29,36H,9,14-16,18-19,34H2,1-6H3,(H,35,37)/t25-,26-,27-,29-/m0/s1. The second-order valence-corrected chi connectivity index (χ2v) is 11.1. The molecule has 0 fully saturated rings. The minimum atomic E-state index is -0.846. The fraction of sp³-hybridized carbons (Fsp3) is 0.562. The van der Waals surface area contributed by atoms with E-state index < -0.39 is 18.1 Å². The van der Waals surface area contributed by atoms with Crippen LogP contribution in [0.1, 0.15) is 58.1 Å². The Morgan fingerprint density at radius 1 is 1.02 bits per heavy atom. The molecule has 1 amide bonds. The number of rotatable bonds is 17. The number of hydrogen-bond acceptors (Lipinski definition) is 7. The van der Waals surface area contributed by atoms with Crippen molar-refractivity contribution in [2.45, 2.75) is 65.5 Å². The molecule has 0 aromatic heterocycles. The number of aliphatic hydroxyl groups is 1. The topological polar surface area (TPSA) is 127 Å². The lowest BCUT2D eigenvalue weighted by atomic mass is 9.80. The number of nitrogens with one attached hydrogen (secondary N) is 1. The van der Waals surface area contributed by atoms with Crippen molar-refractivity contribution in [2.75, 3.05) is 32.8 Å². The molecular weight excluding hydrogens is 506 g/mol. The molecule has 8 heteroatoms. The van der Waals surface area contributed by atoms with E-state index in [9.17, 15) is 15.2 Å². The van der Waals surface area contributed by atoms with Crippen LogP contribution in [0.15, 0.2) is 42.5 Å². The molecule has 0 bridgehead atoms. The summed E-state index contributed by atoms with van der Waals surface area (Å²) in [7, 11) is 3.30. The summed E-state index contributed by atoms with van der Waals surface area (Å²) in [6.07, 6.45) is 1.56. The predicted octanol–water partition coefficient (Wildman–Crippen LogP) is 5.18. The van der Waals surface area contributed by atoms with E-state index in [2.05, 4.69) is 25.2 Å². The fourth-order valence-corrected chi connectivity index (χ4v) is 4.78. The number of ether oxygens (including phenoxy) is 3. The van der Waals surface area contributed by atoms with Crippen molar-refractivity contribution in [3.8, 4) is 17.6 Å². The van der Waals surface area contributed by atoms with Crippen molar-refractivity contribution in [3.63, 3.8) is 0 Å². The van der Waals surface area contributed by atoms with Crippen LogP contribution in [0.3, 0.4) is 0 Å². The highest BCUT2D eigenvalue weighted by molar-refractivity contribution is 5.94. The number of nitrogens with zero attached hydrogens (tertiary/aromatic N) is 1. The first-order valence-electron chi connectivity index (χ1n) is 14.1. The largest absolute Gasteiger partial charge is 0.493 e. The Balaban J connectivity index is 2.07. The van der Waals surface area contributed by atoms with E-state index in [0.29, 0.717) is 48.3 Å². The zero-order chi connectivity index (χ0) is 29.7. The summed E-state index contributed by atoms with van der Waals surface area (Å²) in [6.45, 7) is 9.39. The van der Waals surface area contributed by atoms with Crippen LogP contribution >= 0.6 is 0 Å². The number of methoxy groups -OCH3 is 2. The van der Waals surface area contributed by atoms with Gasteiger partial charge in [-0.3, -0.25) is 4.79 Å². The number of nitrogens with two attached hydrogens (primary N) is 1. The first kappa shape index (κ1) is 33.1. The lowest BCUT2D eigenvalue weighted by Crippen LogP contribution is -2.41. The molecule has 2 aromatic carbocycles. The molecule has 0 radical (unpaired) electrons. The van der Waals surface area contributed by atoms with Crippen LogP contribution < -0.4 is 20.5 Å². The van der Waals surface area contributed by atoms with Gasteiger partial charge in [0.1, 0.15) is 6.07 Å². The van der Waals surface area contributed by atoms with Gasteiger partial charge in [0.25, 0.3) is 0 Å². The van der Waals surface area contributed by atoms with Gasteiger partial charge in [0.2, 0.25) is 5.91 Å². The van der Waals surface area contributed by atoms with E-state index in [1.54, 1.807) is 38.5 Å². The lowest BCUT2D eigenvalue weighted by Gasteiger charge is -2.30. The van der Waals surface area contributed by atoms with Gasteiger partial charge in [0, 0.05) is 32.1 Å². The van der Waals surface area contributed by atoms with Gasteiger partial charge in [-0.15, -0.1) is 0 Å². The number of anilines is 1. The van der Waals surface area contributed by atoms with Crippen molar-refractivity contribution in [2.24, 2.45) is 29.4 Å². The van der Waals surface area contributed by atoms with E-state index >= 15 is 0 Å². The molecule has 2 aromatic rings. The number of benzene rings is 2. The van der Waals surface area contributed by atoms with Gasteiger partial charge in [-0.2, -0.15) is 5.26 Å². The number of hydrogen-bond donors (Lipinski definition) is 3. The van der Waals surface area contributed by atoms with Crippen LogP contribution in [0.2, 0.25) is 0 Å². The summed E-state index contributed by atoms with van der Waals surface area (Å²) < 4.78 is 16.5. The maximum atomic E-state index is 13.1. The van der Waals surface area contributed by atoms with Crippen LogP contribution in [0.25, 0.3) is 0 Å². The Morgan fingerprint density at radius 3 is 2.38 bits per heavy atom. The number of nitriles is 1. The molecule has 0 saturated carbocycles. The molecule has 0 unspecified atom stereocenters. The molecule has 8 nitrogen and oxygen atoms in total. The smallest absolute Gasteiger partial charge is 0.227 e. The summed E-state index contributed by atoms with van der Waals surface area (Å²) in [4.78, 5) is 13.1. The van der Waals surface area contributed by atoms with Gasteiger partial charge in [-0.1, -0.05) is 45.9 Å². The zero-order valence-corrected chi connectivity index (χ0v) is 24.9. The molecular formula is C32H47N3O5. The van der Waals surface area contributed by atoms with Crippen LogP contribution in [0, 0.1) is 35.0 Å². The summed E-state index contributed by atoms with van der Waals surface area (Å²) in [5, 5.41) is 23.3. The average Bonchev–Trinajstić information content (AvgIpc) is 2.93. The summed E-state index contributed by atoms with van der Waals surface area (Å²) >= 11 is 0. The van der Waals surface area contributed by atoms with Crippen molar-refractivity contribution in [3.05, 3.63) is 53.6 Å². The Morgan fingerprint density at radius 2 is 1.75 bits per heavy atom. The Labute approximate surface area is 239 Å². The third-order valence-electron chi connectivity index (χ3n) is 7.43. The van der Waals surface area contributed by atoms with Gasteiger partial charge < -0.3 is 30.4 Å². The summed E-state index contributed by atoms with van der Waals surface area (Å²) in [5.74, 6) is 1.24. The molecule has 0 heterocycles. The second kappa shape index (κ2) is 16.9. The number of aliphatic hydroxyl groups excluding tert-OH is 1. The van der Waals surface area contributed by atoms with Gasteiger partial charge in [0.05, 0.1) is 31.1 Å². The number of para-hydroxylation sites is 1. The summed E-state index contributed by atoms with van der Waals surface area (Å²) in [5.41, 5.74) is 8.53. The van der Waals surface area contributed by atoms with E-state index in [4.69, 9.17) is 19.9 Å². The molecule has 0 aliphatic rings. The third-order valence-corrected chi connectivity index (χ3v) is 7.43. The van der Waals surface area contributed by atoms with E-state index in [0.717, 1.165) is 18.4 Å². The van der Waals surface area contributed by atoms with Crippen molar-refractivity contribution in [1.29, 1.82) is 5.26 Å². The average molecular weight is 554 g/mol. The molecule has 2 rings (SSSR count). The van der Waals surface area contributed by atoms with Crippen molar-refractivity contribution < 1.29 is 24.1 Å². The zero-order valence-electron chi connectivity index (χ0n) is 24.9. The normalized spacial score (nSPS) is 14.3. The first-order valence-corrected chi connectivity index (χ1v) is 14.1. The van der Waals surface area contributed by atoms with Gasteiger partial charge in [-0.05, 0) is 66.8 Å². The van der Waals surface area contributed by atoms with Gasteiger partial charge in [0.15, 0.2) is 11.5 Å². The van der Waals surface area contributed by atoms with E-state index in [1.807, 2.05) is 32.0 Å². The molecule has 0 aliphatic carbocycles. The molecule has 0 spiro atoms. The monoisotopic (exact) mass is 553 g/mol. The Bertz CT molecular complexity index is 1100. The molecule has 0 saturated heterocycles. The van der Waals surface area contributed by atoms with Crippen LogP contribution in [0.4, 0.5) is 5.69 Å². The maximum absolute atomic E-state index is 13.1. The summed E-state index contributed by atoms with van der Waals surface area (Å²) in [6, 6.07) is 14.5. The SMILES string of the molecule is COCCCOc1cc(C[C@@H](C[C@H](N)[C@@H](O)C[C@H](C(=O)Nc2ccccc2C#N)C(C)C)C(C)C)ccc1OC. The van der Waals surface area contributed by atoms with Crippen LogP contribution in [0.5, 0.6) is 11.5 Å². The molecule has 4 N–H and O–H groups in total. The molecule has 4 atom stereocenters. The fourth-order valence-electron chi connectivity index (χ4n) is 4.78. The number of carbonyl (C=O) groups is 1. The van der Waals surface area contributed by atoms with Crippen LogP contribution in [-0.4, -0.2) is 50.6 Å². The van der Waals surface area contributed by atoms with Crippen molar-refractivity contribution >= 4 is 11.6 Å². The van der Waals surface area contributed by atoms with E-state index in [-0.39, 0.29) is 24.2 Å². The lowest BCUT2D eigenvalue weighted by molar-refractivity contribution is -0.122. The van der Waals surface area contributed by atoms with Crippen molar-refractivity contribution in [1.82, 2.24) is 0 Å². The second-order valence-electron chi connectivity index (χ2n) is 11.1. The molecule has 0 aliphatic heterocycles. The molecule has 220 valence electrons.